The summed E-state index contributed by atoms with van der Waals surface area (Å²) < 4.78 is 7.05. The molecule has 2 aliphatic carbocycles. The van der Waals surface area contributed by atoms with Gasteiger partial charge in [-0.2, -0.15) is 0 Å². The quantitative estimate of drug-likeness (QED) is 0.270. The summed E-state index contributed by atoms with van der Waals surface area (Å²) in [6.45, 7) is 10.9. The number of carbonyl (C=O) groups excluding carboxylic acids is 3. The number of benzene rings is 3. The topological polar surface area (TPSA) is 75.7 Å². The second-order valence-corrected chi connectivity index (χ2v) is 15.4. The van der Waals surface area contributed by atoms with E-state index in [4.69, 9.17) is 4.74 Å². The minimum atomic E-state index is -0.587. The summed E-state index contributed by atoms with van der Waals surface area (Å²) in [6, 6.07) is 23.5. The van der Waals surface area contributed by atoms with Gasteiger partial charge in [-0.15, -0.1) is 0 Å². The van der Waals surface area contributed by atoms with Gasteiger partial charge in [0.05, 0.1) is 0 Å². The number of ketones is 2. The van der Waals surface area contributed by atoms with Crippen molar-refractivity contribution < 1.29 is 19.1 Å². The number of hydrogen-bond acceptors (Lipinski definition) is 5. The second-order valence-electron chi connectivity index (χ2n) is 14.4. The standard InChI is InChI=1S/C39H41BrN2O4/c1-24-11-9-10-14-28(24)41-34(45)23-46-33-16-15-26(40)17-27(33)35-36-29(18-38(2,3)20-31(36)43)42(22-25-12-7-6-8-13-25)30-19-39(4,5)21-32(44)37(30)35/h6-17,35H,18-23H2,1-5H3,(H,41,45). The summed E-state index contributed by atoms with van der Waals surface area (Å²) in [5, 5.41) is 2.94. The number of ether oxygens (including phenoxy) is 1. The molecule has 0 saturated heterocycles. The molecule has 46 heavy (non-hydrogen) atoms. The molecule has 3 aromatic rings. The summed E-state index contributed by atoms with van der Waals surface area (Å²) in [5.74, 6) is -0.273. The Labute approximate surface area is 280 Å². The summed E-state index contributed by atoms with van der Waals surface area (Å²) in [7, 11) is 0. The van der Waals surface area contributed by atoms with E-state index in [1.165, 1.54) is 0 Å². The van der Waals surface area contributed by atoms with Gasteiger partial charge >= 0.3 is 0 Å². The van der Waals surface area contributed by atoms with Crippen molar-refractivity contribution in [2.45, 2.75) is 72.8 Å². The van der Waals surface area contributed by atoms with Crippen molar-refractivity contribution in [2.75, 3.05) is 11.9 Å². The van der Waals surface area contributed by atoms with Gasteiger partial charge in [-0.05, 0) is 66.0 Å². The van der Waals surface area contributed by atoms with Crippen LogP contribution in [-0.4, -0.2) is 29.0 Å². The molecule has 0 fully saturated rings. The average molecular weight is 682 g/mol. The lowest BCUT2D eigenvalue weighted by Crippen LogP contribution is -2.44. The fourth-order valence-electron chi connectivity index (χ4n) is 7.23. The highest BCUT2D eigenvalue weighted by Crippen LogP contribution is 2.56. The molecule has 0 radical (unpaired) electrons. The van der Waals surface area contributed by atoms with Crippen LogP contribution in [0.15, 0.2) is 99.8 Å². The molecule has 7 heteroatoms. The summed E-state index contributed by atoms with van der Waals surface area (Å²) in [4.78, 5) is 43.9. The number of anilines is 1. The first-order chi connectivity index (χ1) is 21.8. The van der Waals surface area contributed by atoms with Gasteiger partial charge in [-0.25, -0.2) is 0 Å². The molecule has 238 valence electrons. The van der Waals surface area contributed by atoms with Crippen LogP contribution in [-0.2, 0) is 20.9 Å². The van der Waals surface area contributed by atoms with Crippen LogP contribution in [0.25, 0.3) is 0 Å². The third-order valence-electron chi connectivity index (χ3n) is 9.27. The number of para-hydroxylation sites is 1. The van der Waals surface area contributed by atoms with Crippen LogP contribution in [0.2, 0.25) is 0 Å². The van der Waals surface area contributed by atoms with E-state index in [0.29, 0.717) is 49.1 Å². The van der Waals surface area contributed by atoms with Crippen molar-refractivity contribution in [3.8, 4) is 5.75 Å². The molecule has 0 saturated carbocycles. The average Bonchev–Trinajstić information content (AvgIpc) is 2.98. The molecule has 1 N–H and O–H groups in total. The Bertz CT molecular complexity index is 1730. The van der Waals surface area contributed by atoms with E-state index >= 15 is 0 Å². The first-order valence-electron chi connectivity index (χ1n) is 15.9. The van der Waals surface area contributed by atoms with E-state index in [1.54, 1.807) is 0 Å². The Morgan fingerprint density at radius 2 is 1.43 bits per heavy atom. The van der Waals surface area contributed by atoms with E-state index in [1.807, 2.05) is 67.6 Å². The van der Waals surface area contributed by atoms with Crippen LogP contribution in [0.4, 0.5) is 5.69 Å². The molecule has 0 unspecified atom stereocenters. The second kappa shape index (κ2) is 12.3. The van der Waals surface area contributed by atoms with Crippen LogP contribution in [0.1, 0.15) is 76.0 Å². The van der Waals surface area contributed by atoms with E-state index in [2.05, 4.69) is 66.0 Å². The Balaban J connectivity index is 1.47. The Hall–Kier alpha value is -3.97. The molecule has 6 rings (SSSR count). The fourth-order valence-corrected chi connectivity index (χ4v) is 7.61. The van der Waals surface area contributed by atoms with Gasteiger partial charge in [0, 0.05) is 63.6 Å². The molecule has 0 aromatic heterocycles. The van der Waals surface area contributed by atoms with Crippen LogP contribution in [0, 0.1) is 17.8 Å². The maximum Gasteiger partial charge on any atom is 0.262 e. The number of hydrogen-bond donors (Lipinski definition) is 1. The highest BCUT2D eigenvalue weighted by atomic mass is 79.9. The van der Waals surface area contributed by atoms with Gasteiger partial charge in [-0.3, -0.25) is 14.4 Å². The molecule has 0 spiro atoms. The SMILES string of the molecule is Cc1ccccc1NC(=O)COc1ccc(Br)cc1C1C2=C(CC(C)(C)CC2=O)N(Cc2ccccc2)C2=C1C(=O)CC(C)(C)C2. The maximum atomic E-state index is 14.3. The minimum Gasteiger partial charge on any atom is -0.483 e. The number of Topliss-reactive ketones (excluding diaryl/α,β-unsaturated/α-hetero) is 2. The molecule has 0 atom stereocenters. The van der Waals surface area contributed by atoms with E-state index in [-0.39, 0.29) is 34.9 Å². The van der Waals surface area contributed by atoms with Gasteiger partial charge < -0.3 is 15.0 Å². The zero-order valence-electron chi connectivity index (χ0n) is 27.2. The normalized spacial score (nSPS) is 19.1. The number of aryl methyl sites for hydroxylation is 1. The third-order valence-corrected chi connectivity index (χ3v) is 9.76. The van der Waals surface area contributed by atoms with Gasteiger partial charge in [0.2, 0.25) is 0 Å². The van der Waals surface area contributed by atoms with Crippen molar-refractivity contribution in [2.24, 2.45) is 10.8 Å². The van der Waals surface area contributed by atoms with Crippen LogP contribution in [0.5, 0.6) is 5.75 Å². The molecule has 1 heterocycles. The Kier molecular flexibility index (Phi) is 8.57. The first-order valence-corrected chi connectivity index (χ1v) is 16.7. The lowest BCUT2D eigenvalue weighted by atomic mass is 9.63. The zero-order chi connectivity index (χ0) is 32.8. The summed E-state index contributed by atoms with van der Waals surface area (Å²) >= 11 is 3.65. The van der Waals surface area contributed by atoms with Crippen molar-refractivity contribution in [3.63, 3.8) is 0 Å². The molecule has 3 aromatic carbocycles. The number of nitrogens with zero attached hydrogens (tertiary/aromatic N) is 1. The van der Waals surface area contributed by atoms with Gasteiger partial charge in [0.15, 0.2) is 18.2 Å². The van der Waals surface area contributed by atoms with Crippen LogP contribution in [0.3, 0.4) is 0 Å². The predicted octanol–water partition coefficient (Wildman–Crippen LogP) is 8.66. The number of carbonyl (C=O) groups is 3. The van der Waals surface area contributed by atoms with Gasteiger partial charge in [-0.1, -0.05) is 92.2 Å². The first kappa shape index (κ1) is 32.0. The lowest BCUT2D eigenvalue weighted by molar-refractivity contribution is -0.120. The summed E-state index contributed by atoms with van der Waals surface area (Å²) in [5.41, 5.74) is 6.40. The predicted molar refractivity (Wildman–Crippen MR) is 184 cm³/mol. The lowest BCUT2D eigenvalue weighted by Gasteiger charge is -2.49. The molecular weight excluding hydrogens is 640 g/mol. The number of rotatable bonds is 7. The molecule has 1 aliphatic heterocycles. The minimum absolute atomic E-state index is 0.0571. The third kappa shape index (κ3) is 6.48. The molecule has 1 amide bonds. The van der Waals surface area contributed by atoms with Crippen LogP contribution < -0.4 is 10.1 Å². The highest BCUT2D eigenvalue weighted by molar-refractivity contribution is 9.10. The van der Waals surface area contributed by atoms with E-state index in [0.717, 1.165) is 38.2 Å². The van der Waals surface area contributed by atoms with Gasteiger partial charge in [0.25, 0.3) is 5.91 Å². The molecule has 3 aliphatic rings. The maximum absolute atomic E-state index is 14.3. The summed E-state index contributed by atoms with van der Waals surface area (Å²) in [6.07, 6.45) is 2.22. The Morgan fingerprint density at radius 1 is 0.848 bits per heavy atom. The molecular formula is C39H41BrN2O4. The van der Waals surface area contributed by atoms with E-state index < -0.39 is 5.92 Å². The van der Waals surface area contributed by atoms with Crippen LogP contribution >= 0.6 is 15.9 Å². The van der Waals surface area contributed by atoms with Crippen molar-refractivity contribution in [1.29, 1.82) is 0 Å². The van der Waals surface area contributed by atoms with Crippen molar-refractivity contribution in [3.05, 3.63) is 116 Å². The van der Waals surface area contributed by atoms with Crippen molar-refractivity contribution >= 4 is 39.1 Å². The zero-order valence-corrected chi connectivity index (χ0v) is 28.8. The number of amides is 1. The fraction of sp³-hybridized carbons (Fsp3) is 0.359. The molecule has 6 nitrogen and oxygen atoms in total. The van der Waals surface area contributed by atoms with Gasteiger partial charge in [0.1, 0.15) is 5.75 Å². The van der Waals surface area contributed by atoms with E-state index in [9.17, 15) is 14.4 Å². The number of halogens is 1. The number of allylic oxidation sites excluding steroid dienone is 4. The largest absolute Gasteiger partial charge is 0.483 e. The molecule has 0 bridgehead atoms. The monoisotopic (exact) mass is 680 g/mol. The number of nitrogens with one attached hydrogen (secondary N) is 1. The van der Waals surface area contributed by atoms with Crippen molar-refractivity contribution in [1.82, 2.24) is 4.90 Å². The Morgan fingerprint density at radius 3 is 2.04 bits per heavy atom. The smallest absolute Gasteiger partial charge is 0.262 e. The highest BCUT2D eigenvalue weighted by Gasteiger charge is 2.49.